The Balaban J connectivity index is 1.69. The number of methoxy groups -OCH3 is 1. The number of ether oxygens (including phenoxy) is 2. The average molecular weight is 457 g/mol. The van der Waals surface area contributed by atoms with Crippen LogP contribution < -0.4 is 9.64 Å². The second-order valence-electron chi connectivity index (χ2n) is 7.06. The molecule has 0 saturated carbocycles. The van der Waals surface area contributed by atoms with Crippen molar-refractivity contribution in [3.05, 3.63) is 81.0 Å². The monoisotopic (exact) mass is 457 g/mol. The van der Waals surface area contributed by atoms with Gasteiger partial charge in [-0.2, -0.15) is 0 Å². The topological polar surface area (TPSA) is 72.9 Å². The molecule has 1 atom stereocenters. The maximum absolute atomic E-state index is 14.7. The lowest BCUT2D eigenvalue weighted by atomic mass is 10.0. The SMILES string of the molecule is COC(=O)c1scc2c1C(=O)N(c1cc(OC(C)c3ccccc3F)ccc1F)C(=O)C2. The molecule has 2 amide bonds. The first-order valence-corrected chi connectivity index (χ1v) is 10.5. The highest BCUT2D eigenvalue weighted by atomic mass is 32.1. The Labute approximate surface area is 186 Å². The molecular formula is C23H17F2NO5S. The van der Waals surface area contributed by atoms with Crippen LogP contribution in [0.25, 0.3) is 0 Å². The van der Waals surface area contributed by atoms with Crippen LogP contribution in [0.2, 0.25) is 0 Å². The highest BCUT2D eigenvalue weighted by molar-refractivity contribution is 7.12. The Morgan fingerprint density at radius 1 is 1.12 bits per heavy atom. The molecule has 164 valence electrons. The minimum atomic E-state index is -0.823. The first-order chi connectivity index (χ1) is 15.3. The van der Waals surface area contributed by atoms with Crippen molar-refractivity contribution in [1.29, 1.82) is 0 Å². The van der Waals surface area contributed by atoms with Gasteiger partial charge in [0.15, 0.2) is 0 Å². The van der Waals surface area contributed by atoms with Gasteiger partial charge in [0.25, 0.3) is 5.91 Å². The van der Waals surface area contributed by atoms with Crippen molar-refractivity contribution >= 4 is 34.8 Å². The van der Waals surface area contributed by atoms with Gasteiger partial charge in [-0.05, 0) is 36.1 Å². The summed E-state index contributed by atoms with van der Waals surface area (Å²) in [6.45, 7) is 1.62. The van der Waals surface area contributed by atoms with Gasteiger partial charge in [-0.25, -0.2) is 18.5 Å². The zero-order valence-corrected chi connectivity index (χ0v) is 17.9. The zero-order chi connectivity index (χ0) is 23.0. The minimum Gasteiger partial charge on any atom is -0.486 e. The van der Waals surface area contributed by atoms with Crippen LogP contribution in [-0.4, -0.2) is 24.9 Å². The van der Waals surface area contributed by atoms with Crippen molar-refractivity contribution in [1.82, 2.24) is 0 Å². The third-order valence-corrected chi connectivity index (χ3v) is 6.07. The number of benzene rings is 2. The fraction of sp³-hybridized carbons (Fsp3) is 0.174. The van der Waals surface area contributed by atoms with Gasteiger partial charge in [0.2, 0.25) is 5.91 Å². The van der Waals surface area contributed by atoms with Crippen molar-refractivity contribution in [3.63, 3.8) is 0 Å². The second kappa shape index (κ2) is 8.51. The highest BCUT2D eigenvalue weighted by Gasteiger charge is 2.38. The summed E-state index contributed by atoms with van der Waals surface area (Å²) in [5, 5.41) is 1.54. The summed E-state index contributed by atoms with van der Waals surface area (Å²) in [7, 11) is 1.18. The number of hydrogen-bond acceptors (Lipinski definition) is 6. The fourth-order valence-corrected chi connectivity index (χ4v) is 4.50. The van der Waals surface area contributed by atoms with E-state index in [1.807, 2.05) is 0 Å². The molecule has 0 radical (unpaired) electrons. The van der Waals surface area contributed by atoms with Gasteiger partial charge in [0.05, 0.1) is 24.8 Å². The molecule has 3 aromatic rings. The number of hydrogen-bond donors (Lipinski definition) is 0. The predicted molar refractivity (Wildman–Crippen MR) is 113 cm³/mol. The molecule has 0 fully saturated rings. The normalized spacial score (nSPS) is 14.2. The Morgan fingerprint density at radius 2 is 1.88 bits per heavy atom. The number of amides is 2. The van der Waals surface area contributed by atoms with Gasteiger partial charge in [0, 0.05) is 11.6 Å². The first-order valence-electron chi connectivity index (χ1n) is 9.58. The van der Waals surface area contributed by atoms with Crippen LogP contribution in [0.1, 0.15) is 44.2 Å². The molecule has 0 saturated heterocycles. The van der Waals surface area contributed by atoms with E-state index < -0.39 is 35.5 Å². The van der Waals surface area contributed by atoms with Crippen LogP contribution in [0.15, 0.2) is 47.8 Å². The summed E-state index contributed by atoms with van der Waals surface area (Å²) in [5.41, 5.74) is 0.398. The van der Waals surface area contributed by atoms with E-state index in [0.29, 0.717) is 16.0 Å². The molecule has 2 aromatic carbocycles. The van der Waals surface area contributed by atoms with E-state index in [1.165, 1.54) is 25.3 Å². The number of carbonyl (C=O) groups is 3. The number of anilines is 1. The quantitative estimate of drug-likeness (QED) is 0.411. The van der Waals surface area contributed by atoms with E-state index in [9.17, 15) is 23.2 Å². The standard InChI is InChI=1S/C23H17F2NO5S/c1-12(15-5-3-4-6-16(15)24)31-14-7-8-17(25)18(10-14)26-19(27)9-13-11-32-21(23(29)30-2)20(13)22(26)28/h3-8,10-12H,9H2,1-2H3. The van der Waals surface area contributed by atoms with Crippen LogP contribution >= 0.6 is 11.3 Å². The molecule has 2 heterocycles. The molecule has 1 aliphatic rings. The Morgan fingerprint density at radius 3 is 2.59 bits per heavy atom. The van der Waals surface area contributed by atoms with Crippen LogP contribution in [-0.2, 0) is 16.0 Å². The third kappa shape index (κ3) is 3.75. The Kier molecular flexibility index (Phi) is 5.75. The number of nitrogens with zero attached hydrogens (tertiary/aromatic N) is 1. The molecule has 0 aliphatic carbocycles. The van der Waals surface area contributed by atoms with Crippen LogP contribution in [0.3, 0.4) is 0 Å². The average Bonchev–Trinajstić information content (AvgIpc) is 3.19. The number of thiophene rings is 1. The minimum absolute atomic E-state index is 0.0203. The third-order valence-electron chi connectivity index (χ3n) is 5.06. The number of esters is 1. The predicted octanol–water partition coefficient (Wildman–Crippen LogP) is 4.68. The maximum atomic E-state index is 14.7. The smallest absolute Gasteiger partial charge is 0.348 e. The molecule has 4 rings (SSSR count). The summed E-state index contributed by atoms with van der Waals surface area (Å²) in [5.74, 6) is -3.32. The van der Waals surface area contributed by atoms with Crippen LogP contribution in [0, 0.1) is 11.6 Å². The van der Waals surface area contributed by atoms with Crippen molar-refractivity contribution in [2.45, 2.75) is 19.4 Å². The number of carbonyl (C=O) groups excluding carboxylic acids is 3. The van der Waals surface area contributed by atoms with Crippen LogP contribution in [0.5, 0.6) is 5.75 Å². The van der Waals surface area contributed by atoms with Crippen molar-refractivity contribution in [2.75, 3.05) is 12.0 Å². The summed E-state index contributed by atoms with van der Waals surface area (Å²) in [6, 6.07) is 9.67. The van der Waals surface area contributed by atoms with Gasteiger partial charge in [0.1, 0.15) is 28.4 Å². The molecule has 1 aliphatic heterocycles. The molecule has 32 heavy (non-hydrogen) atoms. The summed E-state index contributed by atoms with van der Waals surface area (Å²) in [6.07, 6.45) is -0.887. The maximum Gasteiger partial charge on any atom is 0.348 e. The molecule has 9 heteroatoms. The molecule has 1 unspecified atom stereocenters. The first kappa shape index (κ1) is 21.6. The molecule has 0 bridgehead atoms. The van der Waals surface area contributed by atoms with Gasteiger partial charge in [-0.15, -0.1) is 11.3 Å². The van der Waals surface area contributed by atoms with Crippen LogP contribution in [0.4, 0.5) is 14.5 Å². The molecular weight excluding hydrogens is 440 g/mol. The largest absolute Gasteiger partial charge is 0.486 e. The summed E-state index contributed by atoms with van der Waals surface area (Å²) < 4.78 is 39.2. The van der Waals surface area contributed by atoms with Crippen molar-refractivity contribution in [2.24, 2.45) is 0 Å². The lowest BCUT2D eigenvalue weighted by molar-refractivity contribution is -0.117. The molecule has 6 nitrogen and oxygen atoms in total. The zero-order valence-electron chi connectivity index (χ0n) is 17.1. The molecule has 1 aromatic heterocycles. The van der Waals surface area contributed by atoms with Crippen molar-refractivity contribution < 1.29 is 32.6 Å². The van der Waals surface area contributed by atoms with E-state index in [-0.39, 0.29) is 28.3 Å². The van der Waals surface area contributed by atoms with E-state index >= 15 is 0 Å². The lowest BCUT2D eigenvalue weighted by Gasteiger charge is -2.26. The van der Waals surface area contributed by atoms with Gasteiger partial charge in [-0.1, -0.05) is 18.2 Å². The lowest BCUT2D eigenvalue weighted by Crippen LogP contribution is -2.43. The highest BCUT2D eigenvalue weighted by Crippen LogP contribution is 2.35. The number of imide groups is 1. The fourth-order valence-electron chi connectivity index (χ4n) is 3.52. The molecule has 0 N–H and O–H groups in total. The molecule has 0 spiro atoms. The van der Waals surface area contributed by atoms with Gasteiger partial charge >= 0.3 is 5.97 Å². The van der Waals surface area contributed by atoms with Gasteiger partial charge in [-0.3, -0.25) is 9.59 Å². The second-order valence-corrected chi connectivity index (χ2v) is 7.94. The van der Waals surface area contributed by atoms with E-state index in [4.69, 9.17) is 9.47 Å². The summed E-state index contributed by atoms with van der Waals surface area (Å²) >= 11 is 0.988. The van der Waals surface area contributed by atoms with E-state index in [1.54, 1.807) is 30.5 Å². The Bertz CT molecular complexity index is 1240. The number of halogens is 2. The van der Waals surface area contributed by atoms with E-state index in [0.717, 1.165) is 17.4 Å². The Hall–Kier alpha value is -3.59. The number of rotatable bonds is 5. The summed E-state index contributed by atoms with van der Waals surface area (Å²) in [4.78, 5) is 38.6. The number of fused-ring (bicyclic) bond motifs is 1. The van der Waals surface area contributed by atoms with Gasteiger partial charge < -0.3 is 9.47 Å². The van der Waals surface area contributed by atoms with Crippen molar-refractivity contribution in [3.8, 4) is 5.75 Å². The van der Waals surface area contributed by atoms with E-state index in [2.05, 4.69) is 0 Å².